The van der Waals surface area contributed by atoms with Gasteiger partial charge in [0.1, 0.15) is 11.6 Å². The van der Waals surface area contributed by atoms with Gasteiger partial charge in [0, 0.05) is 36.6 Å². The van der Waals surface area contributed by atoms with Gasteiger partial charge in [-0.25, -0.2) is 9.97 Å². The van der Waals surface area contributed by atoms with Crippen molar-refractivity contribution < 1.29 is 36.2 Å². The third-order valence-corrected chi connectivity index (χ3v) is 6.97. The Morgan fingerprint density at radius 2 is 1.70 bits per heavy atom. The van der Waals surface area contributed by atoms with E-state index in [1.165, 1.54) is 10.8 Å². The Balaban J connectivity index is 1.51. The molecule has 33 heavy (non-hydrogen) atoms. The number of anilines is 1. The summed E-state index contributed by atoms with van der Waals surface area (Å²) in [5.41, 5.74) is 3.05. The molecule has 4 aliphatic rings. The van der Waals surface area contributed by atoms with E-state index in [4.69, 9.17) is 10.5 Å². The smallest absolute Gasteiger partial charge is 0.383 e. The average Bonchev–Trinajstić information content (AvgIpc) is 3.10. The summed E-state index contributed by atoms with van der Waals surface area (Å²) in [6.07, 6.45) is -8.63. The first kappa shape index (κ1) is 22.4. The zero-order valence-electron chi connectivity index (χ0n) is 17.2. The molecule has 0 amide bonds. The Labute approximate surface area is 184 Å². The number of rotatable bonds is 4. The minimum atomic E-state index is -4.98. The molecular weight excluding hydrogens is 456 g/mol. The molecule has 0 aromatic carbocycles. The summed E-state index contributed by atoms with van der Waals surface area (Å²) in [7, 11) is 0. The second kappa shape index (κ2) is 7.06. The second-order valence-corrected chi connectivity index (χ2v) is 9.03. The summed E-state index contributed by atoms with van der Waals surface area (Å²) in [5, 5.41) is 9.99. The maximum absolute atomic E-state index is 13.4. The van der Waals surface area contributed by atoms with Crippen LogP contribution in [0, 0.1) is 0 Å². The zero-order chi connectivity index (χ0) is 23.8. The third-order valence-electron chi connectivity index (χ3n) is 6.97. The van der Waals surface area contributed by atoms with E-state index < -0.39 is 41.2 Å². The summed E-state index contributed by atoms with van der Waals surface area (Å²) < 4.78 is 86.6. The van der Waals surface area contributed by atoms with Crippen LogP contribution in [0.2, 0.25) is 0 Å². The highest BCUT2D eigenvalue weighted by molar-refractivity contribution is 5.62. The Morgan fingerprint density at radius 1 is 1.06 bits per heavy atom. The van der Waals surface area contributed by atoms with Crippen LogP contribution >= 0.6 is 0 Å². The Hall–Kier alpha value is -2.38. The normalized spacial score (nSPS) is 28.8. The predicted octanol–water partition coefficient (Wildman–Crippen LogP) is 3.11. The van der Waals surface area contributed by atoms with E-state index in [-0.39, 0.29) is 16.8 Å². The predicted molar refractivity (Wildman–Crippen MR) is 103 cm³/mol. The standard InChI is InChI=1S/C20H21F6N5O2/c21-19(22,23)12-5-11(6-28-15(12)27)13-7-31(16(29-13)14(32)20(24,25)26)18-8-17(9-18,10-18)30-1-3-33-4-2-30/h5-7,14,32H,1-4,8-10H2,(H2,27,28). The van der Waals surface area contributed by atoms with Crippen LogP contribution in [0.1, 0.15) is 36.8 Å². The monoisotopic (exact) mass is 477 g/mol. The molecule has 4 fully saturated rings. The van der Waals surface area contributed by atoms with Crippen LogP contribution in [0.5, 0.6) is 0 Å². The van der Waals surface area contributed by atoms with Gasteiger partial charge in [-0.15, -0.1) is 0 Å². The Morgan fingerprint density at radius 3 is 2.27 bits per heavy atom. The molecule has 3 heterocycles. The van der Waals surface area contributed by atoms with E-state index in [0.717, 1.165) is 19.3 Å². The highest BCUT2D eigenvalue weighted by Gasteiger charge is 2.71. The van der Waals surface area contributed by atoms with Crippen molar-refractivity contribution in [3.05, 3.63) is 29.8 Å². The van der Waals surface area contributed by atoms with Crippen molar-refractivity contribution in [2.45, 2.75) is 48.8 Å². The highest BCUT2D eigenvalue weighted by atomic mass is 19.4. The van der Waals surface area contributed by atoms with Crippen molar-refractivity contribution in [3.63, 3.8) is 0 Å². The van der Waals surface area contributed by atoms with Gasteiger partial charge in [0.05, 0.1) is 30.0 Å². The topological polar surface area (TPSA) is 89.4 Å². The number of hydrogen-bond donors (Lipinski definition) is 2. The van der Waals surface area contributed by atoms with E-state index in [2.05, 4.69) is 14.9 Å². The lowest BCUT2D eigenvalue weighted by molar-refractivity contribution is -0.232. The fourth-order valence-electron chi connectivity index (χ4n) is 5.41. The van der Waals surface area contributed by atoms with Crippen molar-refractivity contribution >= 4 is 5.82 Å². The molecular formula is C20H21F6N5O2. The number of halogens is 6. The van der Waals surface area contributed by atoms with Gasteiger partial charge in [-0.05, 0) is 25.3 Å². The van der Waals surface area contributed by atoms with Crippen LogP contribution in [0.25, 0.3) is 11.3 Å². The molecule has 0 radical (unpaired) electrons. The van der Waals surface area contributed by atoms with Crippen LogP contribution < -0.4 is 5.73 Å². The molecule has 1 unspecified atom stereocenters. The molecule has 3 saturated carbocycles. The number of alkyl halides is 6. The van der Waals surface area contributed by atoms with Gasteiger partial charge >= 0.3 is 12.4 Å². The number of pyridine rings is 1. The first-order chi connectivity index (χ1) is 15.3. The lowest BCUT2D eigenvalue weighted by Gasteiger charge is -2.74. The Bertz CT molecular complexity index is 1060. The molecule has 1 saturated heterocycles. The van der Waals surface area contributed by atoms with E-state index >= 15 is 0 Å². The first-order valence-corrected chi connectivity index (χ1v) is 10.4. The van der Waals surface area contributed by atoms with Crippen LogP contribution in [0.15, 0.2) is 18.5 Å². The van der Waals surface area contributed by atoms with Gasteiger partial charge in [-0.3, -0.25) is 4.90 Å². The van der Waals surface area contributed by atoms with Crippen molar-refractivity contribution in [2.75, 3.05) is 32.0 Å². The van der Waals surface area contributed by atoms with Crippen molar-refractivity contribution in [1.29, 1.82) is 0 Å². The number of hydrogen-bond acceptors (Lipinski definition) is 6. The second-order valence-electron chi connectivity index (χ2n) is 9.03. The number of aliphatic hydroxyl groups excluding tert-OH is 1. The largest absolute Gasteiger partial charge is 0.421 e. The third kappa shape index (κ3) is 3.48. The molecule has 7 nitrogen and oxygen atoms in total. The molecule has 3 N–H and O–H groups in total. The molecule has 3 aliphatic carbocycles. The molecule has 2 aromatic heterocycles. The molecule has 2 aromatic rings. The van der Waals surface area contributed by atoms with Gasteiger partial charge < -0.3 is 20.1 Å². The van der Waals surface area contributed by atoms with E-state index in [0.29, 0.717) is 38.5 Å². The summed E-state index contributed by atoms with van der Waals surface area (Å²) in [4.78, 5) is 9.73. The number of morpholine rings is 1. The highest BCUT2D eigenvalue weighted by Crippen LogP contribution is 2.68. The molecule has 180 valence electrons. The molecule has 13 heteroatoms. The van der Waals surface area contributed by atoms with Crippen LogP contribution in [-0.2, 0) is 16.5 Å². The zero-order valence-corrected chi connectivity index (χ0v) is 17.2. The number of nitrogens with zero attached hydrogens (tertiary/aromatic N) is 4. The maximum Gasteiger partial charge on any atom is 0.421 e. The number of aliphatic hydroxyl groups is 1. The van der Waals surface area contributed by atoms with Gasteiger partial charge in [-0.2, -0.15) is 26.3 Å². The minimum Gasteiger partial charge on any atom is -0.383 e. The summed E-state index contributed by atoms with van der Waals surface area (Å²) in [6.45, 7) is 2.66. The molecule has 6 rings (SSSR count). The fourth-order valence-corrected chi connectivity index (χ4v) is 5.41. The van der Waals surface area contributed by atoms with Crippen molar-refractivity contribution in [2.24, 2.45) is 0 Å². The van der Waals surface area contributed by atoms with Crippen LogP contribution in [-0.4, -0.2) is 62.6 Å². The first-order valence-electron chi connectivity index (χ1n) is 10.4. The molecule has 0 spiro atoms. The van der Waals surface area contributed by atoms with Crippen molar-refractivity contribution in [1.82, 2.24) is 19.4 Å². The lowest BCUT2D eigenvalue weighted by atomic mass is 9.43. The lowest BCUT2D eigenvalue weighted by Crippen LogP contribution is -2.79. The number of nitrogen functional groups attached to an aromatic ring is 1. The number of nitrogens with two attached hydrogens (primary N) is 1. The quantitative estimate of drug-likeness (QED) is 0.658. The van der Waals surface area contributed by atoms with Gasteiger partial charge in [-0.1, -0.05) is 0 Å². The Kier molecular flexibility index (Phi) is 4.80. The van der Waals surface area contributed by atoms with E-state index in [9.17, 15) is 31.4 Å². The molecule has 1 atom stereocenters. The summed E-state index contributed by atoms with van der Waals surface area (Å²) >= 11 is 0. The van der Waals surface area contributed by atoms with Crippen LogP contribution in [0.3, 0.4) is 0 Å². The van der Waals surface area contributed by atoms with E-state index in [1.54, 1.807) is 0 Å². The maximum atomic E-state index is 13.4. The molecule has 2 bridgehead atoms. The minimum absolute atomic E-state index is 0.124. The fraction of sp³-hybridized carbons (Fsp3) is 0.600. The van der Waals surface area contributed by atoms with E-state index in [1.807, 2.05) is 0 Å². The molecule has 1 aliphatic heterocycles. The number of imidazole rings is 1. The average molecular weight is 477 g/mol. The number of aromatic nitrogens is 3. The van der Waals surface area contributed by atoms with Crippen molar-refractivity contribution in [3.8, 4) is 11.3 Å². The summed E-state index contributed by atoms with van der Waals surface area (Å²) in [6, 6.07) is 0.704. The van der Waals surface area contributed by atoms with Gasteiger partial charge in [0.2, 0.25) is 6.10 Å². The number of ether oxygens (including phenoxy) is 1. The summed E-state index contributed by atoms with van der Waals surface area (Å²) in [5.74, 6) is -1.38. The van der Waals surface area contributed by atoms with Gasteiger partial charge in [0.25, 0.3) is 0 Å². The van der Waals surface area contributed by atoms with Crippen LogP contribution in [0.4, 0.5) is 32.2 Å². The van der Waals surface area contributed by atoms with Gasteiger partial charge in [0.15, 0.2) is 0 Å². The SMILES string of the molecule is Nc1ncc(-c2cn(C34CC(N5CCOCC5)(C3)C4)c(C(O)C(F)(F)F)n2)cc1C(F)(F)F.